The van der Waals surface area contributed by atoms with Crippen molar-refractivity contribution in [2.75, 3.05) is 49.9 Å². The number of ether oxygens (including phenoxy) is 1. The van der Waals surface area contributed by atoms with Gasteiger partial charge in [-0.05, 0) is 49.8 Å². The highest BCUT2D eigenvalue weighted by Crippen LogP contribution is 2.33. The Hall–Kier alpha value is -3.80. The van der Waals surface area contributed by atoms with Crippen molar-refractivity contribution in [3.63, 3.8) is 0 Å². The first-order chi connectivity index (χ1) is 17.1. The predicted molar refractivity (Wildman–Crippen MR) is 138 cm³/mol. The minimum Gasteiger partial charge on any atom is -0.453 e. The Morgan fingerprint density at radius 1 is 1.03 bits per heavy atom. The lowest BCUT2D eigenvalue weighted by atomic mass is 10.1. The number of nitrogens with two attached hydrogens (primary N) is 1. The van der Waals surface area contributed by atoms with Crippen LogP contribution in [0.4, 0.5) is 16.2 Å². The second-order valence-electron chi connectivity index (χ2n) is 8.96. The van der Waals surface area contributed by atoms with Gasteiger partial charge in [-0.15, -0.1) is 0 Å². The van der Waals surface area contributed by atoms with Crippen LogP contribution in [0.25, 0.3) is 22.3 Å². The normalized spacial score (nSPS) is 16.9. The zero-order valence-corrected chi connectivity index (χ0v) is 20.0. The molecule has 7 N–H and O–H groups in total. The van der Waals surface area contributed by atoms with E-state index < -0.39 is 5.82 Å². The first-order valence-corrected chi connectivity index (χ1v) is 11.9. The molecule has 1 aromatic carbocycles. The fourth-order valence-corrected chi connectivity index (χ4v) is 4.75. The van der Waals surface area contributed by atoms with Gasteiger partial charge < -0.3 is 31.8 Å². The van der Waals surface area contributed by atoms with Crippen LogP contribution in [0.1, 0.15) is 6.42 Å². The maximum atomic E-state index is 15.0. The molecular formula is C25H30FN9O. The molecule has 0 aliphatic carbocycles. The van der Waals surface area contributed by atoms with E-state index in [0.717, 1.165) is 50.5 Å². The van der Waals surface area contributed by atoms with Crippen LogP contribution in [0.3, 0.4) is 0 Å². The number of anilines is 2. The highest BCUT2D eigenvalue weighted by atomic mass is 19.1. The monoisotopic (exact) mass is 491 g/mol. The van der Waals surface area contributed by atoms with E-state index in [1.54, 1.807) is 30.6 Å². The Kier molecular flexibility index (Phi) is 6.68. The number of halogens is 1. The number of fused-ring (bicyclic) bond motifs is 1. The molecule has 2 fully saturated rings. The standard InChI is InChI=1S/C25H27FN8O.H3N/c26-19-12-16(2-3-22(19)35-21-5-8-30-24-18(21)4-7-29-24)20-13-23(32-25(27)31-20)34-14-17(15-34)33-10-1-6-28-9-11-33;/h2-5,7-8,12-13,17,28H,1,6,9-11,14-15H2,(H,29,30)(H2,27,31,32);1H3. The lowest BCUT2D eigenvalue weighted by Gasteiger charge is -2.45. The molecular weight excluding hydrogens is 461 g/mol. The molecule has 0 atom stereocenters. The summed E-state index contributed by atoms with van der Waals surface area (Å²) in [4.78, 5) is 20.8. The molecule has 188 valence electrons. The number of hydrogen-bond acceptors (Lipinski definition) is 9. The van der Waals surface area contributed by atoms with Gasteiger partial charge in [0.05, 0.1) is 11.1 Å². The van der Waals surface area contributed by atoms with E-state index in [9.17, 15) is 0 Å². The van der Waals surface area contributed by atoms with Crippen molar-refractivity contribution >= 4 is 22.8 Å². The number of aromatic nitrogens is 4. The molecule has 2 aliphatic heterocycles. The van der Waals surface area contributed by atoms with E-state index in [-0.39, 0.29) is 17.8 Å². The quantitative estimate of drug-likeness (QED) is 0.331. The van der Waals surface area contributed by atoms with Crippen molar-refractivity contribution < 1.29 is 9.13 Å². The number of nitrogens with zero attached hydrogens (tertiary/aromatic N) is 5. The topological polar surface area (TPSA) is 143 Å². The molecule has 10 nitrogen and oxygen atoms in total. The molecule has 11 heteroatoms. The predicted octanol–water partition coefficient (Wildman–Crippen LogP) is 3.18. The van der Waals surface area contributed by atoms with Crippen LogP contribution in [-0.4, -0.2) is 70.1 Å². The fraction of sp³-hybridized carbons (Fsp3) is 0.320. The molecule has 0 amide bonds. The second-order valence-corrected chi connectivity index (χ2v) is 8.96. The number of nitrogens with one attached hydrogen (secondary N) is 2. The van der Waals surface area contributed by atoms with Gasteiger partial charge in [0.1, 0.15) is 17.2 Å². The van der Waals surface area contributed by atoms with Crippen molar-refractivity contribution in [2.45, 2.75) is 12.5 Å². The summed E-state index contributed by atoms with van der Waals surface area (Å²) in [5, 5.41) is 4.23. The summed E-state index contributed by atoms with van der Waals surface area (Å²) in [6, 6.07) is 10.8. The molecule has 4 aromatic rings. The van der Waals surface area contributed by atoms with Crippen LogP contribution in [0.5, 0.6) is 11.5 Å². The Bertz CT molecular complexity index is 1350. The number of H-pyrrole nitrogens is 1. The molecule has 0 bridgehead atoms. The Labute approximate surface area is 208 Å². The van der Waals surface area contributed by atoms with Crippen molar-refractivity contribution in [1.82, 2.24) is 36.3 Å². The summed E-state index contributed by atoms with van der Waals surface area (Å²) in [7, 11) is 0. The van der Waals surface area contributed by atoms with E-state index >= 15 is 4.39 Å². The number of pyridine rings is 1. The molecule has 36 heavy (non-hydrogen) atoms. The molecule has 0 saturated carbocycles. The summed E-state index contributed by atoms with van der Waals surface area (Å²) in [6.07, 6.45) is 4.56. The number of rotatable bonds is 5. The van der Waals surface area contributed by atoms with Crippen molar-refractivity contribution in [3.8, 4) is 22.8 Å². The van der Waals surface area contributed by atoms with Gasteiger partial charge in [0.2, 0.25) is 5.95 Å². The van der Waals surface area contributed by atoms with Crippen molar-refractivity contribution in [1.29, 1.82) is 0 Å². The highest BCUT2D eigenvalue weighted by Gasteiger charge is 2.33. The summed E-state index contributed by atoms with van der Waals surface area (Å²) >= 11 is 0. The molecule has 0 spiro atoms. The van der Waals surface area contributed by atoms with Gasteiger partial charge in [0.25, 0.3) is 0 Å². The average molecular weight is 492 g/mol. The molecule has 6 rings (SSSR count). The number of nitrogen functional groups attached to an aromatic ring is 1. The zero-order chi connectivity index (χ0) is 23.8. The Balaban J connectivity index is 0.00000267. The second kappa shape index (κ2) is 10.1. The zero-order valence-electron chi connectivity index (χ0n) is 20.0. The van der Waals surface area contributed by atoms with E-state index in [0.29, 0.717) is 28.7 Å². The van der Waals surface area contributed by atoms with Crippen molar-refractivity contribution in [2.24, 2.45) is 0 Å². The minimum atomic E-state index is -0.486. The van der Waals surface area contributed by atoms with Gasteiger partial charge >= 0.3 is 0 Å². The van der Waals surface area contributed by atoms with Crippen LogP contribution in [0.2, 0.25) is 0 Å². The van der Waals surface area contributed by atoms with Crippen LogP contribution in [0, 0.1) is 5.82 Å². The van der Waals surface area contributed by atoms with Crippen molar-refractivity contribution in [3.05, 3.63) is 54.6 Å². The third-order valence-electron chi connectivity index (χ3n) is 6.67. The van der Waals surface area contributed by atoms with Crippen LogP contribution < -0.4 is 26.8 Å². The third kappa shape index (κ3) is 4.68. The lowest BCUT2D eigenvalue weighted by molar-refractivity contribution is 0.176. The number of hydrogen-bond donors (Lipinski definition) is 4. The van der Waals surface area contributed by atoms with E-state index in [4.69, 9.17) is 10.5 Å². The largest absolute Gasteiger partial charge is 0.453 e. The first-order valence-electron chi connectivity index (χ1n) is 11.9. The molecule has 0 radical (unpaired) electrons. The summed E-state index contributed by atoms with van der Waals surface area (Å²) in [5.41, 5.74) is 7.91. The smallest absolute Gasteiger partial charge is 0.222 e. The molecule has 3 aromatic heterocycles. The lowest BCUT2D eigenvalue weighted by Crippen LogP contribution is -2.60. The molecule has 2 saturated heterocycles. The molecule has 5 heterocycles. The maximum absolute atomic E-state index is 15.0. The minimum absolute atomic E-state index is 0. The van der Waals surface area contributed by atoms with Crippen LogP contribution in [0.15, 0.2) is 48.8 Å². The van der Waals surface area contributed by atoms with Gasteiger partial charge in [-0.3, -0.25) is 4.90 Å². The van der Waals surface area contributed by atoms with Gasteiger partial charge in [-0.2, -0.15) is 4.98 Å². The first kappa shape index (κ1) is 23.9. The SMILES string of the molecule is N.Nc1nc(-c2ccc(Oc3ccnc4[nH]ccc34)c(F)c2)cc(N2CC(N3CCCNCC3)C2)n1. The molecule has 0 unspecified atom stereocenters. The number of benzene rings is 1. The van der Waals surface area contributed by atoms with Gasteiger partial charge in [0.15, 0.2) is 11.6 Å². The van der Waals surface area contributed by atoms with E-state index in [1.165, 1.54) is 12.5 Å². The maximum Gasteiger partial charge on any atom is 0.222 e. The summed E-state index contributed by atoms with van der Waals surface area (Å²) in [6.45, 7) is 6.10. The highest BCUT2D eigenvalue weighted by molar-refractivity contribution is 5.82. The Morgan fingerprint density at radius 3 is 2.78 bits per heavy atom. The van der Waals surface area contributed by atoms with Crippen LogP contribution in [-0.2, 0) is 0 Å². The van der Waals surface area contributed by atoms with E-state index in [2.05, 4.69) is 35.1 Å². The van der Waals surface area contributed by atoms with Gasteiger partial charge in [0, 0.05) is 56.2 Å². The number of aromatic amines is 1. The summed E-state index contributed by atoms with van der Waals surface area (Å²) in [5.74, 6) is 1.11. The van der Waals surface area contributed by atoms with Gasteiger partial charge in [-0.25, -0.2) is 14.4 Å². The summed E-state index contributed by atoms with van der Waals surface area (Å²) < 4.78 is 20.9. The Morgan fingerprint density at radius 2 is 1.92 bits per heavy atom. The van der Waals surface area contributed by atoms with Gasteiger partial charge in [-0.1, -0.05) is 0 Å². The fourth-order valence-electron chi connectivity index (χ4n) is 4.75. The third-order valence-corrected chi connectivity index (χ3v) is 6.67. The van der Waals surface area contributed by atoms with Crippen LogP contribution >= 0.6 is 0 Å². The molecule has 2 aliphatic rings. The average Bonchev–Trinajstić information content (AvgIpc) is 3.16. The van der Waals surface area contributed by atoms with E-state index in [1.807, 2.05) is 12.1 Å².